The predicted octanol–water partition coefficient (Wildman–Crippen LogP) is 4.57. The maximum absolute atomic E-state index is 12.5. The van der Waals surface area contributed by atoms with Crippen molar-refractivity contribution >= 4 is 27.3 Å². The molecule has 0 heterocycles. The molecule has 0 atom stereocenters. The molecular weight excluding hydrogens is 318 g/mol. The number of nitrogens with one attached hydrogen (secondary N) is 1. The maximum atomic E-state index is 12.5. The van der Waals surface area contributed by atoms with Gasteiger partial charge >= 0.3 is 0 Å². The Hall–Kier alpha value is -1.78. The van der Waals surface area contributed by atoms with Gasteiger partial charge in [0.25, 0.3) is 10.0 Å². The fraction of sp³-hybridized carbons (Fsp3) is 0.176. The van der Waals surface area contributed by atoms with Crippen LogP contribution in [0.5, 0.6) is 0 Å². The predicted molar refractivity (Wildman–Crippen MR) is 92.0 cm³/mol. The summed E-state index contributed by atoms with van der Waals surface area (Å²) >= 11 is 6.17. The van der Waals surface area contributed by atoms with E-state index < -0.39 is 10.0 Å². The van der Waals surface area contributed by atoms with Crippen molar-refractivity contribution in [1.82, 2.24) is 0 Å². The zero-order chi connectivity index (χ0) is 16.2. The van der Waals surface area contributed by atoms with Gasteiger partial charge in [-0.3, -0.25) is 4.72 Å². The zero-order valence-corrected chi connectivity index (χ0v) is 13.9. The van der Waals surface area contributed by atoms with E-state index in [0.29, 0.717) is 17.1 Å². The van der Waals surface area contributed by atoms with Crippen LogP contribution in [0.15, 0.2) is 60.0 Å². The largest absolute Gasteiger partial charge is 0.278 e. The zero-order valence-electron chi connectivity index (χ0n) is 12.3. The number of hydrogen-bond acceptors (Lipinski definition) is 2. The first kappa shape index (κ1) is 16.6. The maximum Gasteiger partial charge on any atom is 0.261 e. The number of benzene rings is 2. The van der Waals surface area contributed by atoms with Crippen molar-refractivity contribution in [3.8, 4) is 0 Å². The quantitative estimate of drug-likeness (QED) is 0.786. The fourth-order valence-corrected chi connectivity index (χ4v) is 3.48. The summed E-state index contributed by atoms with van der Waals surface area (Å²) in [6, 6.07) is 12.0. The summed E-state index contributed by atoms with van der Waals surface area (Å²) in [7, 11) is -3.66. The van der Waals surface area contributed by atoms with Gasteiger partial charge in [-0.15, -0.1) is 6.58 Å². The summed E-state index contributed by atoms with van der Waals surface area (Å²) in [5.41, 5.74) is 2.29. The summed E-state index contributed by atoms with van der Waals surface area (Å²) in [6.45, 7) is 5.59. The smallest absolute Gasteiger partial charge is 0.261 e. The normalized spacial score (nSPS) is 11.2. The minimum atomic E-state index is -3.66. The van der Waals surface area contributed by atoms with E-state index in [2.05, 4.69) is 11.3 Å². The number of aryl methyl sites for hydroxylation is 2. The highest BCUT2D eigenvalue weighted by Crippen LogP contribution is 2.29. The van der Waals surface area contributed by atoms with Gasteiger partial charge in [-0.05, 0) is 43.5 Å². The van der Waals surface area contributed by atoms with Gasteiger partial charge in [-0.2, -0.15) is 0 Å². The van der Waals surface area contributed by atoms with Gasteiger partial charge < -0.3 is 0 Å². The second-order valence-corrected chi connectivity index (χ2v) is 7.11. The molecule has 5 heteroatoms. The number of sulfonamides is 1. The molecule has 0 aliphatic rings. The Kier molecular flexibility index (Phi) is 5.27. The number of para-hydroxylation sites is 1. The van der Waals surface area contributed by atoms with Crippen molar-refractivity contribution in [1.29, 1.82) is 0 Å². The van der Waals surface area contributed by atoms with E-state index in [1.807, 2.05) is 19.1 Å². The van der Waals surface area contributed by atoms with Gasteiger partial charge in [0.1, 0.15) is 0 Å². The van der Waals surface area contributed by atoms with Crippen LogP contribution in [-0.4, -0.2) is 8.42 Å². The first-order valence-electron chi connectivity index (χ1n) is 6.92. The highest BCUT2D eigenvalue weighted by atomic mass is 35.5. The molecule has 22 heavy (non-hydrogen) atoms. The molecule has 2 rings (SSSR count). The standard InChI is InChI=1S/C17H18ClNO2S/c1-3-4-6-14-7-5-8-16(18)17(14)19-22(20,21)15-11-9-13(2)10-12-15/h3,5,7-12,19H,1,4,6H2,2H3. The summed E-state index contributed by atoms with van der Waals surface area (Å²) < 4.78 is 27.6. The van der Waals surface area contributed by atoms with E-state index in [4.69, 9.17) is 11.6 Å². The lowest BCUT2D eigenvalue weighted by Gasteiger charge is -2.14. The number of allylic oxidation sites excluding steroid dienone is 1. The Morgan fingerprint density at radius 2 is 1.86 bits per heavy atom. The topological polar surface area (TPSA) is 46.2 Å². The summed E-state index contributed by atoms with van der Waals surface area (Å²) in [5, 5.41) is 0.386. The molecule has 0 radical (unpaired) electrons. The van der Waals surface area contributed by atoms with Gasteiger partial charge in [0.2, 0.25) is 0 Å². The van der Waals surface area contributed by atoms with Crippen LogP contribution in [-0.2, 0) is 16.4 Å². The van der Waals surface area contributed by atoms with Crippen LogP contribution in [0.4, 0.5) is 5.69 Å². The molecule has 0 bridgehead atoms. The molecule has 116 valence electrons. The monoisotopic (exact) mass is 335 g/mol. The number of halogens is 1. The Bertz CT molecular complexity index is 768. The Morgan fingerprint density at radius 3 is 2.50 bits per heavy atom. The van der Waals surface area contributed by atoms with Crippen LogP contribution in [0.2, 0.25) is 5.02 Å². The Balaban J connectivity index is 2.36. The van der Waals surface area contributed by atoms with Crippen LogP contribution in [0.3, 0.4) is 0 Å². The van der Waals surface area contributed by atoms with Crippen molar-refractivity contribution in [2.45, 2.75) is 24.7 Å². The summed E-state index contributed by atoms with van der Waals surface area (Å²) in [5.74, 6) is 0. The molecular formula is C17H18ClNO2S. The lowest BCUT2D eigenvalue weighted by molar-refractivity contribution is 0.601. The van der Waals surface area contributed by atoms with Crippen molar-refractivity contribution < 1.29 is 8.42 Å². The average Bonchev–Trinajstić information content (AvgIpc) is 2.48. The lowest BCUT2D eigenvalue weighted by atomic mass is 10.1. The molecule has 0 saturated carbocycles. The molecule has 0 aliphatic carbocycles. The highest BCUT2D eigenvalue weighted by molar-refractivity contribution is 7.92. The van der Waals surface area contributed by atoms with Crippen molar-refractivity contribution in [3.05, 3.63) is 71.3 Å². The van der Waals surface area contributed by atoms with Gasteiger partial charge in [-0.1, -0.05) is 47.5 Å². The molecule has 0 unspecified atom stereocenters. The van der Waals surface area contributed by atoms with Crippen molar-refractivity contribution in [2.75, 3.05) is 4.72 Å². The van der Waals surface area contributed by atoms with E-state index in [0.717, 1.165) is 17.5 Å². The Labute approximate surface area is 136 Å². The first-order chi connectivity index (χ1) is 10.4. The van der Waals surface area contributed by atoms with Crippen molar-refractivity contribution in [2.24, 2.45) is 0 Å². The number of rotatable bonds is 6. The third kappa shape index (κ3) is 3.90. The number of anilines is 1. The third-order valence-corrected chi connectivity index (χ3v) is 4.97. The van der Waals surface area contributed by atoms with Crippen LogP contribution >= 0.6 is 11.6 Å². The van der Waals surface area contributed by atoms with E-state index in [1.165, 1.54) is 0 Å². The van der Waals surface area contributed by atoms with Gasteiger partial charge in [0, 0.05) is 0 Å². The van der Waals surface area contributed by atoms with E-state index in [1.54, 1.807) is 36.4 Å². The first-order valence-corrected chi connectivity index (χ1v) is 8.78. The SMILES string of the molecule is C=CCCc1cccc(Cl)c1NS(=O)(=O)c1ccc(C)cc1. The molecule has 0 saturated heterocycles. The van der Waals surface area contributed by atoms with E-state index >= 15 is 0 Å². The molecule has 0 aliphatic heterocycles. The third-order valence-electron chi connectivity index (χ3n) is 3.29. The van der Waals surface area contributed by atoms with Crippen molar-refractivity contribution in [3.63, 3.8) is 0 Å². The van der Waals surface area contributed by atoms with Gasteiger partial charge in [0.05, 0.1) is 15.6 Å². The average molecular weight is 336 g/mol. The molecule has 0 fully saturated rings. The lowest BCUT2D eigenvalue weighted by Crippen LogP contribution is -2.14. The van der Waals surface area contributed by atoms with E-state index in [9.17, 15) is 8.42 Å². The van der Waals surface area contributed by atoms with Crippen LogP contribution in [0.25, 0.3) is 0 Å². The summed E-state index contributed by atoms with van der Waals surface area (Å²) in [6.07, 6.45) is 3.22. The molecule has 3 nitrogen and oxygen atoms in total. The molecule has 0 amide bonds. The Morgan fingerprint density at radius 1 is 1.18 bits per heavy atom. The van der Waals surface area contributed by atoms with Crippen LogP contribution in [0, 0.1) is 6.92 Å². The fourth-order valence-electron chi connectivity index (χ4n) is 2.06. The second kappa shape index (κ2) is 6.99. The minimum Gasteiger partial charge on any atom is -0.278 e. The summed E-state index contributed by atoms with van der Waals surface area (Å²) in [4.78, 5) is 0.215. The molecule has 0 aromatic heterocycles. The second-order valence-electron chi connectivity index (χ2n) is 5.02. The minimum absolute atomic E-state index is 0.215. The molecule has 1 N–H and O–H groups in total. The highest BCUT2D eigenvalue weighted by Gasteiger charge is 2.17. The molecule has 0 spiro atoms. The van der Waals surface area contributed by atoms with Gasteiger partial charge in [0.15, 0.2) is 0 Å². The van der Waals surface area contributed by atoms with Crippen LogP contribution in [0.1, 0.15) is 17.5 Å². The molecule has 2 aromatic rings. The van der Waals surface area contributed by atoms with Crippen LogP contribution < -0.4 is 4.72 Å². The van der Waals surface area contributed by atoms with E-state index in [-0.39, 0.29) is 4.90 Å². The number of hydrogen-bond donors (Lipinski definition) is 1. The molecule has 2 aromatic carbocycles. The van der Waals surface area contributed by atoms with Gasteiger partial charge in [-0.25, -0.2) is 8.42 Å².